The van der Waals surface area contributed by atoms with Crippen LogP contribution in [0.4, 0.5) is 0 Å². The number of carbonyl (C=O) groups is 1. The normalized spacial score (nSPS) is 29.5. The number of nitrogens with one attached hydrogen (secondary N) is 1. The molecule has 2 rings (SSSR count). The molecule has 4 atom stereocenters. The molecule has 1 saturated heterocycles. The van der Waals surface area contributed by atoms with Crippen LogP contribution in [0.2, 0.25) is 0 Å². The van der Waals surface area contributed by atoms with Gasteiger partial charge in [-0.2, -0.15) is 0 Å². The number of aromatic nitrogens is 2. The highest BCUT2D eigenvalue weighted by Crippen LogP contribution is 2.35. The highest BCUT2D eigenvalue weighted by molar-refractivity contribution is 5.74. The van der Waals surface area contributed by atoms with E-state index in [2.05, 4.69) is 0 Å². The van der Waals surface area contributed by atoms with Gasteiger partial charge in [0.1, 0.15) is 12.3 Å². The number of hydrogen-bond acceptors (Lipinski definition) is 6. The molecule has 1 amide bonds. The molecule has 5 N–H and O–H groups in total. The van der Waals surface area contributed by atoms with Crippen molar-refractivity contribution in [1.29, 1.82) is 0 Å². The molecule has 1 aromatic rings. The molecule has 20 heavy (non-hydrogen) atoms. The first-order valence-corrected chi connectivity index (χ1v) is 5.98. The predicted molar refractivity (Wildman–Crippen MR) is 65.6 cm³/mol. The van der Waals surface area contributed by atoms with E-state index in [4.69, 9.17) is 15.6 Å². The molecule has 0 bridgehead atoms. The Morgan fingerprint density at radius 3 is 2.75 bits per heavy atom. The minimum Gasteiger partial charge on any atom is -0.394 e. The van der Waals surface area contributed by atoms with Crippen LogP contribution in [0.5, 0.6) is 0 Å². The second-order valence-corrected chi connectivity index (χ2v) is 4.59. The Morgan fingerprint density at radius 2 is 2.20 bits per heavy atom. The van der Waals surface area contributed by atoms with Crippen LogP contribution in [0.1, 0.15) is 12.6 Å². The number of aromatic amines is 1. The second-order valence-electron chi connectivity index (χ2n) is 4.59. The molecule has 0 spiro atoms. The number of H-pyrrole nitrogens is 1. The first-order valence-electron chi connectivity index (χ1n) is 5.98. The van der Waals surface area contributed by atoms with Gasteiger partial charge < -0.3 is 20.7 Å². The first-order chi connectivity index (χ1) is 9.43. The summed E-state index contributed by atoms with van der Waals surface area (Å²) in [5.74, 6) is -1.45. The van der Waals surface area contributed by atoms with Crippen LogP contribution in [0, 0.1) is 5.92 Å². The number of aliphatic hydroxyl groups is 2. The quantitative estimate of drug-likeness (QED) is 0.472. The molecule has 110 valence electrons. The van der Waals surface area contributed by atoms with E-state index in [0.29, 0.717) is 0 Å². The Kier molecular flexibility index (Phi) is 4.02. The molecule has 9 heteroatoms. The van der Waals surface area contributed by atoms with Crippen LogP contribution >= 0.6 is 0 Å². The van der Waals surface area contributed by atoms with Gasteiger partial charge in [0.15, 0.2) is 0 Å². The number of nitrogens with two attached hydrogens (primary N) is 1. The first kappa shape index (κ1) is 14.4. The molecule has 9 nitrogen and oxygen atoms in total. The zero-order chi connectivity index (χ0) is 14.9. The van der Waals surface area contributed by atoms with E-state index in [1.165, 1.54) is 6.20 Å². The van der Waals surface area contributed by atoms with Crippen LogP contribution in [0.3, 0.4) is 0 Å². The van der Waals surface area contributed by atoms with Crippen LogP contribution in [-0.4, -0.2) is 44.5 Å². The van der Waals surface area contributed by atoms with E-state index < -0.39 is 48.1 Å². The predicted octanol–water partition coefficient (Wildman–Crippen LogP) is -2.72. The Bertz CT molecular complexity index is 609. The molecule has 0 aromatic carbocycles. The van der Waals surface area contributed by atoms with Gasteiger partial charge in [0.25, 0.3) is 5.56 Å². The third-order valence-corrected chi connectivity index (χ3v) is 3.24. The summed E-state index contributed by atoms with van der Waals surface area (Å²) in [6, 6.07) is 1.12. The lowest BCUT2D eigenvalue weighted by Crippen LogP contribution is -2.36. The van der Waals surface area contributed by atoms with Gasteiger partial charge >= 0.3 is 5.69 Å². The third-order valence-electron chi connectivity index (χ3n) is 3.24. The van der Waals surface area contributed by atoms with E-state index in [1.54, 1.807) is 0 Å². The maximum atomic E-state index is 11.7. The number of ether oxygens (including phenoxy) is 1. The van der Waals surface area contributed by atoms with Gasteiger partial charge in [0.2, 0.25) is 5.91 Å². The maximum absolute atomic E-state index is 11.7. The summed E-state index contributed by atoms with van der Waals surface area (Å²) in [5.41, 5.74) is 3.80. The van der Waals surface area contributed by atoms with Gasteiger partial charge in [-0.3, -0.25) is 19.1 Å². The number of amides is 1. The number of rotatable bonds is 4. The van der Waals surface area contributed by atoms with Crippen LogP contribution in [0.15, 0.2) is 21.9 Å². The lowest BCUT2D eigenvalue weighted by Gasteiger charge is -2.20. The average Bonchev–Trinajstić information content (AvgIpc) is 2.66. The largest absolute Gasteiger partial charge is 0.394 e. The molecule has 0 saturated carbocycles. The molecule has 0 aliphatic carbocycles. The highest BCUT2D eigenvalue weighted by Gasteiger charge is 2.45. The monoisotopic (exact) mass is 285 g/mol. The van der Waals surface area contributed by atoms with Gasteiger partial charge in [-0.05, 0) is 0 Å². The van der Waals surface area contributed by atoms with Gasteiger partial charge in [-0.1, -0.05) is 0 Å². The summed E-state index contributed by atoms with van der Waals surface area (Å²) in [6.07, 6.45) is -2.07. The Hall–Kier alpha value is -1.97. The van der Waals surface area contributed by atoms with Gasteiger partial charge in [0.05, 0.1) is 12.7 Å². The molecule has 1 fully saturated rings. The summed E-state index contributed by atoms with van der Waals surface area (Å²) in [4.78, 5) is 35.9. The number of primary amides is 1. The molecule has 1 unspecified atom stereocenters. The summed E-state index contributed by atoms with van der Waals surface area (Å²) in [6.45, 7) is -0.467. The number of aliphatic hydroxyl groups excluding tert-OH is 2. The molecule has 1 aliphatic heterocycles. The molecule has 1 aliphatic rings. The van der Waals surface area contributed by atoms with Gasteiger partial charge in [-0.15, -0.1) is 0 Å². The van der Waals surface area contributed by atoms with Crippen molar-refractivity contribution in [3.63, 3.8) is 0 Å². The van der Waals surface area contributed by atoms with Crippen LogP contribution < -0.4 is 17.0 Å². The number of carbonyl (C=O) groups excluding carboxylic acids is 1. The van der Waals surface area contributed by atoms with E-state index in [0.717, 1.165) is 10.6 Å². The van der Waals surface area contributed by atoms with Crippen LogP contribution in [-0.2, 0) is 9.53 Å². The van der Waals surface area contributed by atoms with Gasteiger partial charge in [0, 0.05) is 24.6 Å². The Morgan fingerprint density at radius 1 is 1.50 bits per heavy atom. The summed E-state index contributed by atoms with van der Waals surface area (Å²) < 4.78 is 6.43. The van der Waals surface area contributed by atoms with E-state index in [1.807, 2.05) is 4.98 Å². The maximum Gasteiger partial charge on any atom is 0.330 e. The molecular formula is C11H15N3O6. The highest BCUT2D eigenvalue weighted by atomic mass is 16.5. The molecule has 1 aromatic heterocycles. The third kappa shape index (κ3) is 2.64. The average molecular weight is 285 g/mol. The second kappa shape index (κ2) is 5.57. The van der Waals surface area contributed by atoms with Crippen molar-refractivity contribution in [3.8, 4) is 0 Å². The summed E-state index contributed by atoms with van der Waals surface area (Å²) in [7, 11) is 0. The number of nitrogens with zero attached hydrogens (tertiary/aromatic N) is 1. The van der Waals surface area contributed by atoms with Crippen molar-refractivity contribution in [2.45, 2.75) is 24.9 Å². The number of hydrogen-bond donors (Lipinski definition) is 4. The molecule has 0 radical (unpaired) electrons. The van der Waals surface area contributed by atoms with E-state index >= 15 is 0 Å². The van der Waals surface area contributed by atoms with Crippen molar-refractivity contribution in [2.24, 2.45) is 11.7 Å². The van der Waals surface area contributed by atoms with Gasteiger partial charge in [-0.25, -0.2) is 4.79 Å². The van der Waals surface area contributed by atoms with Crippen molar-refractivity contribution in [2.75, 3.05) is 6.61 Å². The van der Waals surface area contributed by atoms with Crippen molar-refractivity contribution in [3.05, 3.63) is 33.1 Å². The standard InChI is InChI=1S/C11H15N3O6/c12-7(16)3-5-9(18)6(4-15)20-10(5)14-2-1-8(17)13-11(14)19/h1-2,5-6,9-10,15,18H,3-4H2,(H2,12,16)(H,13,17,19)/t5?,6-,9+,10-/m1/s1. The van der Waals surface area contributed by atoms with Crippen molar-refractivity contribution >= 4 is 5.91 Å². The van der Waals surface area contributed by atoms with Crippen molar-refractivity contribution < 1.29 is 19.7 Å². The minimum atomic E-state index is -1.14. The SMILES string of the molecule is NC(=O)CC1[C@H](n2ccc(=O)[nH]c2=O)O[C@H](CO)[C@H]1O. The summed E-state index contributed by atoms with van der Waals surface area (Å²) in [5, 5.41) is 19.1. The smallest absolute Gasteiger partial charge is 0.330 e. The Labute approximate surface area is 112 Å². The fraction of sp³-hybridized carbons (Fsp3) is 0.545. The minimum absolute atomic E-state index is 0.214. The topological polar surface area (TPSA) is 148 Å². The Balaban J connectivity index is 2.39. The zero-order valence-electron chi connectivity index (χ0n) is 10.4. The molecular weight excluding hydrogens is 270 g/mol. The van der Waals surface area contributed by atoms with E-state index in [-0.39, 0.29) is 6.42 Å². The van der Waals surface area contributed by atoms with Crippen molar-refractivity contribution in [1.82, 2.24) is 9.55 Å². The fourth-order valence-corrected chi connectivity index (χ4v) is 2.31. The lowest BCUT2D eigenvalue weighted by atomic mass is 9.96. The molecule has 2 heterocycles. The fourth-order valence-electron chi connectivity index (χ4n) is 2.31. The zero-order valence-corrected chi connectivity index (χ0v) is 10.4. The lowest BCUT2D eigenvalue weighted by molar-refractivity contribution is -0.120. The summed E-state index contributed by atoms with van der Waals surface area (Å²) >= 11 is 0. The van der Waals surface area contributed by atoms with Crippen LogP contribution in [0.25, 0.3) is 0 Å². The van der Waals surface area contributed by atoms with E-state index in [9.17, 15) is 19.5 Å².